The third kappa shape index (κ3) is 3.86. The van der Waals surface area contributed by atoms with Gasteiger partial charge in [0.05, 0.1) is 9.85 Å². The summed E-state index contributed by atoms with van der Waals surface area (Å²) in [5, 5.41) is 29.7. The molecule has 0 saturated carbocycles. The molecule has 0 aliphatic carbocycles. The zero-order valence-corrected chi connectivity index (χ0v) is 14.3. The minimum atomic E-state index is -0.500. The molecule has 3 rings (SSSR count). The van der Waals surface area contributed by atoms with Crippen molar-refractivity contribution in [2.24, 2.45) is 0 Å². The van der Waals surface area contributed by atoms with Gasteiger partial charge >= 0.3 is 0 Å². The highest BCUT2D eigenvalue weighted by atomic mass is 32.2. The first-order valence-electron chi connectivity index (χ1n) is 7.43. The molecule has 2 aromatic carbocycles. The van der Waals surface area contributed by atoms with Gasteiger partial charge in [-0.3, -0.25) is 20.2 Å². The van der Waals surface area contributed by atoms with Crippen molar-refractivity contribution >= 4 is 23.1 Å². The van der Waals surface area contributed by atoms with E-state index in [9.17, 15) is 20.2 Å². The number of nitro groups is 2. The van der Waals surface area contributed by atoms with Crippen LogP contribution in [0.2, 0.25) is 0 Å². The lowest BCUT2D eigenvalue weighted by Gasteiger charge is -2.08. The molecule has 10 heteroatoms. The van der Waals surface area contributed by atoms with Crippen LogP contribution in [0, 0.1) is 20.2 Å². The average Bonchev–Trinajstić information content (AvgIpc) is 3.10. The van der Waals surface area contributed by atoms with Gasteiger partial charge in [0, 0.05) is 35.1 Å². The number of benzene rings is 2. The molecule has 1 aromatic heterocycles. The van der Waals surface area contributed by atoms with Crippen LogP contribution in [0.1, 0.15) is 17.7 Å². The van der Waals surface area contributed by atoms with Gasteiger partial charge in [0.15, 0.2) is 0 Å². The Bertz CT molecular complexity index is 975. The van der Waals surface area contributed by atoms with Crippen molar-refractivity contribution in [3.8, 4) is 11.5 Å². The van der Waals surface area contributed by atoms with Gasteiger partial charge in [-0.15, -0.1) is 10.2 Å². The van der Waals surface area contributed by atoms with Gasteiger partial charge in [-0.2, -0.15) is 0 Å². The lowest BCUT2D eigenvalue weighted by molar-refractivity contribution is -0.385. The summed E-state index contributed by atoms with van der Waals surface area (Å²) in [6.07, 6.45) is 0. The fraction of sp³-hybridized carbons (Fsp3) is 0.125. The van der Waals surface area contributed by atoms with E-state index in [-0.39, 0.29) is 27.7 Å². The number of nitrogens with zero attached hydrogens (tertiary/aromatic N) is 4. The molecule has 0 N–H and O–H groups in total. The second-order valence-corrected chi connectivity index (χ2v) is 6.58. The van der Waals surface area contributed by atoms with Crippen LogP contribution in [0.3, 0.4) is 0 Å². The van der Waals surface area contributed by atoms with Gasteiger partial charge in [-0.1, -0.05) is 30.0 Å². The van der Waals surface area contributed by atoms with Gasteiger partial charge in [0.2, 0.25) is 5.89 Å². The quantitative estimate of drug-likeness (QED) is 0.354. The molecule has 0 aliphatic rings. The smallest absolute Gasteiger partial charge is 0.277 e. The summed E-state index contributed by atoms with van der Waals surface area (Å²) in [7, 11) is 0. The number of non-ortho nitro benzene ring substituents is 2. The van der Waals surface area contributed by atoms with E-state index in [1.807, 2.05) is 6.92 Å². The largest absolute Gasteiger partial charge is 0.411 e. The number of rotatable bonds is 6. The Balaban J connectivity index is 1.78. The fourth-order valence-corrected chi connectivity index (χ4v) is 3.04. The highest BCUT2D eigenvalue weighted by Gasteiger charge is 2.17. The molecule has 9 nitrogen and oxygen atoms in total. The summed E-state index contributed by atoms with van der Waals surface area (Å²) in [4.78, 5) is 20.8. The second-order valence-electron chi connectivity index (χ2n) is 5.29. The number of nitro benzene ring substituents is 2. The van der Waals surface area contributed by atoms with Crippen molar-refractivity contribution in [1.29, 1.82) is 0 Å². The molecule has 1 heterocycles. The van der Waals surface area contributed by atoms with Crippen molar-refractivity contribution in [3.05, 3.63) is 74.3 Å². The van der Waals surface area contributed by atoms with Crippen molar-refractivity contribution in [1.82, 2.24) is 10.2 Å². The highest BCUT2D eigenvalue weighted by molar-refractivity contribution is 7.99. The Hall–Kier alpha value is -3.27. The third-order valence-electron chi connectivity index (χ3n) is 3.54. The van der Waals surface area contributed by atoms with Crippen LogP contribution in [0.25, 0.3) is 11.5 Å². The number of hydrogen-bond donors (Lipinski definition) is 0. The topological polar surface area (TPSA) is 125 Å². The number of thioether (sulfide) groups is 1. The molecular formula is C16H12N4O5S. The van der Waals surface area contributed by atoms with E-state index in [0.29, 0.717) is 5.56 Å². The standard InChI is InChI=1S/C16H12N4O5S/c1-10(11-4-2-6-13(8-11)19(21)22)26-16-18-17-15(25-16)12-5-3-7-14(9-12)20(23)24/h2-10H,1H3/t10-/m0/s1. The van der Waals surface area contributed by atoms with Crippen molar-refractivity contribution in [2.45, 2.75) is 17.4 Å². The summed E-state index contributed by atoms with van der Waals surface area (Å²) in [6.45, 7) is 1.86. The minimum absolute atomic E-state index is 0.0118. The first kappa shape index (κ1) is 17.5. The van der Waals surface area contributed by atoms with Gasteiger partial charge in [-0.25, -0.2) is 0 Å². The molecule has 3 aromatic rings. The molecule has 0 fully saturated rings. The van der Waals surface area contributed by atoms with Crippen molar-refractivity contribution in [2.75, 3.05) is 0 Å². The molecule has 1 atom stereocenters. The molecule has 0 aliphatic heterocycles. The maximum atomic E-state index is 10.9. The van der Waals surface area contributed by atoms with E-state index < -0.39 is 9.85 Å². The first-order chi connectivity index (χ1) is 12.4. The predicted octanol–water partition coefficient (Wildman–Crippen LogP) is 4.41. The number of aromatic nitrogens is 2. The van der Waals surface area contributed by atoms with Crippen LogP contribution in [0.5, 0.6) is 0 Å². The van der Waals surface area contributed by atoms with E-state index in [1.165, 1.54) is 42.1 Å². The normalized spacial score (nSPS) is 11.9. The first-order valence-corrected chi connectivity index (χ1v) is 8.31. The Morgan fingerprint density at radius 2 is 1.65 bits per heavy atom. The van der Waals surface area contributed by atoms with E-state index in [0.717, 1.165) is 5.56 Å². The zero-order chi connectivity index (χ0) is 18.7. The molecular weight excluding hydrogens is 360 g/mol. The van der Waals surface area contributed by atoms with E-state index >= 15 is 0 Å². The van der Waals surface area contributed by atoms with Crippen LogP contribution >= 0.6 is 11.8 Å². The molecule has 132 valence electrons. The summed E-state index contributed by atoms with van der Waals surface area (Å²) in [6, 6.07) is 12.2. The maximum absolute atomic E-state index is 10.9. The number of hydrogen-bond acceptors (Lipinski definition) is 8. The van der Waals surface area contributed by atoms with Crippen LogP contribution in [0.4, 0.5) is 11.4 Å². The van der Waals surface area contributed by atoms with Gasteiger partial charge in [0.1, 0.15) is 0 Å². The summed E-state index contributed by atoms with van der Waals surface area (Å²) in [5.41, 5.74) is 1.14. The van der Waals surface area contributed by atoms with E-state index in [2.05, 4.69) is 10.2 Å². The van der Waals surface area contributed by atoms with E-state index in [4.69, 9.17) is 4.42 Å². The minimum Gasteiger partial charge on any atom is -0.411 e. The van der Waals surface area contributed by atoms with Crippen molar-refractivity contribution < 1.29 is 14.3 Å². The Morgan fingerprint density at radius 3 is 2.35 bits per heavy atom. The zero-order valence-electron chi connectivity index (χ0n) is 13.4. The SMILES string of the molecule is C[C@H](Sc1nnc(-c2cccc([N+](=O)[O-])c2)o1)c1cccc([N+](=O)[O-])c1. The van der Waals surface area contributed by atoms with Gasteiger partial charge in [0.25, 0.3) is 16.6 Å². The summed E-state index contributed by atoms with van der Waals surface area (Å²) < 4.78 is 5.56. The summed E-state index contributed by atoms with van der Waals surface area (Å²) >= 11 is 1.25. The molecule has 26 heavy (non-hydrogen) atoms. The van der Waals surface area contributed by atoms with Crippen LogP contribution in [-0.4, -0.2) is 20.0 Å². The predicted molar refractivity (Wildman–Crippen MR) is 93.8 cm³/mol. The monoisotopic (exact) mass is 372 g/mol. The second kappa shape index (κ2) is 7.31. The van der Waals surface area contributed by atoms with Crippen molar-refractivity contribution in [3.63, 3.8) is 0 Å². The lowest BCUT2D eigenvalue weighted by Crippen LogP contribution is -1.92. The van der Waals surface area contributed by atoms with Crippen LogP contribution < -0.4 is 0 Å². The molecule has 0 spiro atoms. The lowest BCUT2D eigenvalue weighted by atomic mass is 10.1. The Morgan fingerprint density at radius 1 is 1.00 bits per heavy atom. The fourth-order valence-electron chi connectivity index (χ4n) is 2.24. The van der Waals surface area contributed by atoms with Crippen LogP contribution in [0.15, 0.2) is 58.2 Å². The molecule has 0 unspecified atom stereocenters. The third-order valence-corrected chi connectivity index (χ3v) is 4.53. The van der Waals surface area contributed by atoms with E-state index in [1.54, 1.807) is 18.2 Å². The Labute approximate surface area is 151 Å². The Kier molecular flexibility index (Phi) is 4.94. The van der Waals surface area contributed by atoms with Gasteiger partial charge < -0.3 is 4.42 Å². The molecule has 0 bridgehead atoms. The molecule has 0 amide bonds. The van der Waals surface area contributed by atoms with Gasteiger partial charge in [-0.05, 0) is 18.6 Å². The molecule has 0 saturated heterocycles. The van der Waals surface area contributed by atoms with Crippen LogP contribution in [-0.2, 0) is 0 Å². The summed E-state index contributed by atoms with van der Waals surface area (Å²) in [5.74, 6) is 0.169. The average molecular weight is 372 g/mol. The highest BCUT2D eigenvalue weighted by Crippen LogP contribution is 2.36. The molecule has 0 radical (unpaired) electrons. The maximum Gasteiger partial charge on any atom is 0.277 e.